The molecule has 42 heavy (non-hydrogen) atoms. The van der Waals surface area contributed by atoms with E-state index in [2.05, 4.69) is 14.4 Å². The summed E-state index contributed by atoms with van der Waals surface area (Å²) in [6.07, 6.45) is 3.67. The number of hydrogen-bond donors (Lipinski definition) is 0. The van der Waals surface area contributed by atoms with Crippen molar-refractivity contribution in [3.05, 3.63) is 57.7 Å². The van der Waals surface area contributed by atoms with Gasteiger partial charge in [0.25, 0.3) is 11.8 Å². The number of carbonyl (C=O) groups is 3. The SMILES string of the molecule is CCc1c/c(=N\C(=O)C2CC2)n(COC(=O)CC(C)(C)c2c(C)cc(C)cc2OP(=O)(OC)OC)cc1C(=O)N(C)P. The van der Waals surface area contributed by atoms with E-state index in [0.717, 1.165) is 29.5 Å². The summed E-state index contributed by atoms with van der Waals surface area (Å²) in [5, 5.41) is 0. The maximum Gasteiger partial charge on any atom is 0.529 e. The van der Waals surface area contributed by atoms with Crippen LogP contribution >= 0.6 is 17.2 Å². The smallest absolute Gasteiger partial charge is 0.444 e. The number of amides is 2. The Balaban J connectivity index is 1.92. The van der Waals surface area contributed by atoms with Crippen molar-refractivity contribution in [1.82, 2.24) is 9.24 Å². The van der Waals surface area contributed by atoms with Crippen LogP contribution in [0.1, 0.15) is 72.6 Å². The molecule has 1 aromatic carbocycles. The van der Waals surface area contributed by atoms with Crippen LogP contribution in [-0.4, -0.2) is 48.3 Å². The fourth-order valence-corrected chi connectivity index (χ4v) is 5.63. The van der Waals surface area contributed by atoms with E-state index in [1.165, 1.54) is 23.5 Å². The lowest BCUT2D eigenvalue weighted by molar-refractivity contribution is -0.148. The van der Waals surface area contributed by atoms with Crippen LogP contribution in [0.4, 0.5) is 0 Å². The molecule has 0 N–H and O–H groups in total. The Hall–Kier alpha value is -2.84. The van der Waals surface area contributed by atoms with Gasteiger partial charge in [0.15, 0.2) is 6.73 Å². The largest absolute Gasteiger partial charge is 0.529 e. The second-order valence-electron chi connectivity index (χ2n) is 11.1. The van der Waals surface area contributed by atoms with Gasteiger partial charge in [-0.1, -0.05) is 26.8 Å². The predicted octanol–water partition coefficient (Wildman–Crippen LogP) is 5.02. The number of esters is 1. The maximum atomic E-state index is 13.2. The first kappa shape index (κ1) is 33.7. The van der Waals surface area contributed by atoms with Gasteiger partial charge in [-0.05, 0) is 71.3 Å². The molecule has 0 bridgehead atoms. The van der Waals surface area contributed by atoms with E-state index in [4.69, 9.17) is 18.3 Å². The molecule has 0 spiro atoms. The molecule has 1 fully saturated rings. The standard InChI is InChI=1S/C29H41N3O8P2/c1-9-20-14-24(30-27(34)21-10-11-21)32(16-22(20)28(35)31(6)41)17-39-25(33)15-29(4,5)26-19(3)12-18(2)13-23(26)40-42(36,37-7)38-8/h12-14,16,21H,9-11,15,17,41H2,1-8H3/b30-24+. The van der Waals surface area contributed by atoms with Crippen LogP contribution in [0, 0.1) is 19.8 Å². The van der Waals surface area contributed by atoms with Gasteiger partial charge in [-0.2, -0.15) is 4.99 Å². The quantitative estimate of drug-likeness (QED) is 0.239. The zero-order valence-corrected chi connectivity index (χ0v) is 27.6. The van der Waals surface area contributed by atoms with Crippen LogP contribution in [0.2, 0.25) is 0 Å². The van der Waals surface area contributed by atoms with E-state index in [9.17, 15) is 18.9 Å². The van der Waals surface area contributed by atoms with Crippen molar-refractivity contribution in [3.8, 4) is 5.75 Å². The number of phosphoric acid groups is 1. The molecule has 0 aliphatic heterocycles. The topological polar surface area (TPSA) is 126 Å². The first-order valence-corrected chi connectivity index (χ1v) is 15.7. The average molecular weight is 622 g/mol. The van der Waals surface area contributed by atoms with Crippen molar-refractivity contribution in [2.24, 2.45) is 10.9 Å². The van der Waals surface area contributed by atoms with E-state index < -0.39 is 19.2 Å². The van der Waals surface area contributed by atoms with E-state index in [0.29, 0.717) is 23.0 Å². The Kier molecular flexibility index (Phi) is 10.9. The van der Waals surface area contributed by atoms with Crippen molar-refractivity contribution in [1.29, 1.82) is 0 Å². The molecular formula is C29H41N3O8P2. The number of aryl methyl sites for hydroxylation is 3. The molecule has 2 aromatic rings. The Morgan fingerprint density at radius 2 is 1.79 bits per heavy atom. The zero-order chi connectivity index (χ0) is 31.4. The van der Waals surface area contributed by atoms with Crippen LogP contribution in [0.25, 0.3) is 0 Å². The maximum absolute atomic E-state index is 13.2. The molecule has 13 heteroatoms. The van der Waals surface area contributed by atoms with Gasteiger partial charge < -0.3 is 13.9 Å². The molecule has 3 rings (SSSR count). The number of nitrogens with zero attached hydrogens (tertiary/aromatic N) is 3. The second kappa shape index (κ2) is 13.6. The summed E-state index contributed by atoms with van der Waals surface area (Å²) >= 11 is 0. The monoisotopic (exact) mass is 621 g/mol. The van der Waals surface area contributed by atoms with Crippen molar-refractivity contribution < 1.29 is 37.3 Å². The van der Waals surface area contributed by atoms with Crippen LogP contribution in [0.15, 0.2) is 29.4 Å². The Morgan fingerprint density at radius 3 is 2.33 bits per heavy atom. The minimum Gasteiger partial charge on any atom is -0.444 e. The van der Waals surface area contributed by atoms with Crippen molar-refractivity contribution in [2.45, 2.75) is 72.4 Å². The van der Waals surface area contributed by atoms with Crippen LogP contribution in [0.5, 0.6) is 5.75 Å². The van der Waals surface area contributed by atoms with Crippen molar-refractivity contribution in [2.75, 3.05) is 21.3 Å². The van der Waals surface area contributed by atoms with Gasteiger partial charge in [0.2, 0.25) is 0 Å². The molecule has 0 saturated heterocycles. The van der Waals surface area contributed by atoms with Crippen LogP contribution < -0.4 is 10.0 Å². The molecule has 2 amide bonds. The van der Waals surface area contributed by atoms with Gasteiger partial charge in [0.1, 0.15) is 11.2 Å². The molecule has 1 unspecified atom stereocenters. The lowest BCUT2D eigenvalue weighted by atomic mass is 9.78. The summed E-state index contributed by atoms with van der Waals surface area (Å²) in [7, 11) is 2.56. The number of ether oxygens (including phenoxy) is 1. The minimum atomic E-state index is -3.86. The van der Waals surface area contributed by atoms with Gasteiger partial charge in [0, 0.05) is 44.4 Å². The summed E-state index contributed by atoms with van der Waals surface area (Å²) in [4.78, 5) is 43.0. The summed E-state index contributed by atoms with van der Waals surface area (Å²) < 4.78 is 37.0. The summed E-state index contributed by atoms with van der Waals surface area (Å²) in [5.41, 5.74) is 3.00. The van der Waals surface area contributed by atoms with E-state index >= 15 is 0 Å². The number of benzene rings is 1. The van der Waals surface area contributed by atoms with Gasteiger partial charge in [-0.15, -0.1) is 0 Å². The fourth-order valence-electron chi connectivity index (χ4n) is 4.81. The van der Waals surface area contributed by atoms with E-state index in [1.807, 2.05) is 40.7 Å². The molecule has 1 atom stereocenters. The third kappa shape index (κ3) is 8.16. The number of aromatic nitrogens is 1. The summed E-state index contributed by atoms with van der Waals surface area (Å²) in [6, 6.07) is 5.36. The van der Waals surface area contributed by atoms with Gasteiger partial charge in [-0.25, -0.2) is 4.57 Å². The molecule has 0 radical (unpaired) electrons. The molecule has 1 aromatic heterocycles. The summed E-state index contributed by atoms with van der Waals surface area (Å²) in [5.74, 6) is -0.814. The first-order valence-electron chi connectivity index (χ1n) is 13.7. The molecular weight excluding hydrogens is 580 g/mol. The Bertz CT molecular complexity index is 1470. The molecule has 1 aliphatic rings. The molecule has 1 saturated carbocycles. The second-order valence-corrected chi connectivity index (χ2v) is 13.7. The third-order valence-corrected chi connectivity index (χ3v) is 8.59. The fraction of sp³-hybridized carbons (Fsp3) is 0.517. The van der Waals surface area contributed by atoms with Crippen LogP contribution in [-0.2, 0) is 46.5 Å². The minimum absolute atomic E-state index is 0.0568. The zero-order valence-electron chi connectivity index (χ0n) is 25.6. The highest BCUT2D eigenvalue weighted by Crippen LogP contribution is 2.51. The number of phosphoric ester groups is 1. The highest BCUT2D eigenvalue weighted by molar-refractivity contribution is 7.48. The number of carbonyl (C=O) groups excluding carboxylic acids is 3. The van der Waals surface area contributed by atoms with Crippen molar-refractivity contribution >= 4 is 35.0 Å². The average Bonchev–Trinajstić information content (AvgIpc) is 3.76. The van der Waals surface area contributed by atoms with E-state index in [-0.39, 0.29) is 36.6 Å². The lowest BCUT2D eigenvalue weighted by Gasteiger charge is -2.29. The molecule has 1 heterocycles. The number of pyridine rings is 1. The number of rotatable bonds is 12. The summed E-state index contributed by atoms with van der Waals surface area (Å²) in [6.45, 7) is 9.12. The predicted molar refractivity (Wildman–Crippen MR) is 161 cm³/mol. The van der Waals surface area contributed by atoms with Crippen LogP contribution in [0.3, 0.4) is 0 Å². The normalized spacial score (nSPS) is 14.1. The van der Waals surface area contributed by atoms with E-state index in [1.54, 1.807) is 25.4 Å². The Morgan fingerprint density at radius 1 is 1.14 bits per heavy atom. The number of hydrogen-bond acceptors (Lipinski definition) is 8. The van der Waals surface area contributed by atoms with Gasteiger partial charge in [0.05, 0.1) is 12.0 Å². The highest BCUT2D eigenvalue weighted by atomic mass is 31.2. The third-order valence-electron chi connectivity index (χ3n) is 7.04. The molecule has 230 valence electrons. The Labute approximate surface area is 249 Å². The van der Waals surface area contributed by atoms with Gasteiger partial charge in [-0.3, -0.25) is 28.0 Å². The molecule has 1 aliphatic carbocycles. The van der Waals surface area contributed by atoms with Gasteiger partial charge >= 0.3 is 13.8 Å². The van der Waals surface area contributed by atoms with Crippen molar-refractivity contribution in [3.63, 3.8) is 0 Å². The highest BCUT2D eigenvalue weighted by Gasteiger charge is 2.34. The lowest BCUT2D eigenvalue weighted by Crippen LogP contribution is -2.30. The first-order chi connectivity index (χ1) is 19.6. The molecule has 11 nitrogen and oxygen atoms in total.